The minimum Gasteiger partial charge on any atom is -0.378 e. The highest BCUT2D eigenvalue weighted by molar-refractivity contribution is 6.39. The highest BCUT2D eigenvalue weighted by Crippen LogP contribution is 2.12. The topological polar surface area (TPSA) is 61.4 Å². The molecule has 0 saturated heterocycles. The number of carbonyl (C=O) groups is 2. The van der Waals surface area contributed by atoms with E-state index in [0.717, 1.165) is 23.2 Å². The van der Waals surface area contributed by atoms with Gasteiger partial charge < -0.3 is 15.5 Å². The number of carbonyl (C=O) groups excluding carboxylic acids is 2. The van der Waals surface area contributed by atoms with Crippen molar-refractivity contribution in [2.75, 3.05) is 24.3 Å². The molecule has 0 saturated carbocycles. The second-order valence-corrected chi connectivity index (χ2v) is 5.75. The van der Waals surface area contributed by atoms with Crippen molar-refractivity contribution in [1.82, 2.24) is 5.32 Å². The van der Waals surface area contributed by atoms with Crippen LogP contribution in [0.3, 0.4) is 0 Å². The SMILES string of the molecule is CCc1cccc(NC(=O)C(=O)NCc2ccc(N(C)C)cc2)c1. The number of rotatable bonds is 5. The number of hydrogen-bond donors (Lipinski definition) is 2. The summed E-state index contributed by atoms with van der Waals surface area (Å²) >= 11 is 0. The standard InChI is InChI=1S/C19H23N3O2/c1-4-14-6-5-7-16(12-14)21-19(24)18(23)20-13-15-8-10-17(11-9-15)22(2)3/h5-12H,4,13H2,1-3H3,(H,20,23)(H,21,24). The Morgan fingerprint density at radius 3 is 2.29 bits per heavy atom. The normalized spacial score (nSPS) is 10.1. The van der Waals surface area contributed by atoms with Crippen LogP contribution in [0.15, 0.2) is 48.5 Å². The Bertz CT molecular complexity index is 709. The van der Waals surface area contributed by atoms with E-state index in [0.29, 0.717) is 12.2 Å². The summed E-state index contributed by atoms with van der Waals surface area (Å²) in [5, 5.41) is 5.25. The van der Waals surface area contributed by atoms with E-state index >= 15 is 0 Å². The molecule has 5 heteroatoms. The van der Waals surface area contributed by atoms with Crippen molar-refractivity contribution < 1.29 is 9.59 Å². The van der Waals surface area contributed by atoms with Gasteiger partial charge in [0.05, 0.1) is 0 Å². The lowest BCUT2D eigenvalue weighted by Crippen LogP contribution is -2.34. The zero-order valence-corrected chi connectivity index (χ0v) is 14.3. The summed E-state index contributed by atoms with van der Waals surface area (Å²) < 4.78 is 0. The van der Waals surface area contributed by atoms with E-state index in [1.807, 2.05) is 68.4 Å². The fraction of sp³-hybridized carbons (Fsp3) is 0.263. The van der Waals surface area contributed by atoms with Gasteiger partial charge in [0, 0.05) is 32.0 Å². The second kappa shape index (κ2) is 8.15. The molecule has 0 atom stereocenters. The van der Waals surface area contributed by atoms with Gasteiger partial charge in [-0.3, -0.25) is 9.59 Å². The van der Waals surface area contributed by atoms with Crippen LogP contribution < -0.4 is 15.5 Å². The average Bonchev–Trinajstić information content (AvgIpc) is 2.60. The molecule has 0 heterocycles. The van der Waals surface area contributed by atoms with Crippen molar-refractivity contribution in [1.29, 1.82) is 0 Å². The predicted molar refractivity (Wildman–Crippen MR) is 97.1 cm³/mol. The Hall–Kier alpha value is -2.82. The summed E-state index contributed by atoms with van der Waals surface area (Å²) in [5.74, 6) is -1.30. The summed E-state index contributed by atoms with van der Waals surface area (Å²) in [6.45, 7) is 2.35. The van der Waals surface area contributed by atoms with Gasteiger partial charge in [-0.15, -0.1) is 0 Å². The van der Waals surface area contributed by atoms with Crippen molar-refractivity contribution >= 4 is 23.2 Å². The lowest BCUT2D eigenvalue weighted by atomic mass is 10.1. The third kappa shape index (κ3) is 4.84. The van der Waals surface area contributed by atoms with E-state index < -0.39 is 11.8 Å². The molecule has 0 unspecified atom stereocenters. The quantitative estimate of drug-likeness (QED) is 0.831. The molecule has 0 radical (unpaired) electrons. The summed E-state index contributed by atoms with van der Waals surface area (Å²) in [4.78, 5) is 25.9. The maximum absolute atomic E-state index is 11.9. The number of benzene rings is 2. The van der Waals surface area contributed by atoms with E-state index in [-0.39, 0.29) is 0 Å². The molecule has 0 bridgehead atoms. The van der Waals surface area contributed by atoms with Crippen molar-refractivity contribution in [3.05, 3.63) is 59.7 Å². The lowest BCUT2D eigenvalue weighted by Gasteiger charge is -2.13. The van der Waals surface area contributed by atoms with Crippen LogP contribution >= 0.6 is 0 Å². The maximum Gasteiger partial charge on any atom is 0.313 e. The molecule has 2 aromatic carbocycles. The van der Waals surface area contributed by atoms with Crippen LogP contribution in [0, 0.1) is 0 Å². The van der Waals surface area contributed by atoms with Crippen LogP contribution in [0.2, 0.25) is 0 Å². The molecular formula is C19H23N3O2. The largest absolute Gasteiger partial charge is 0.378 e. The van der Waals surface area contributed by atoms with Crippen LogP contribution in [0.25, 0.3) is 0 Å². The first kappa shape index (κ1) is 17.5. The van der Waals surface area contributed by atoms with Crippen LogP contribution in [0.5, 0.6) is 0 Å². The van der Waals surface area contributed by atoms with Gasteiger partial charge in [-0.05, 0) is 41.8 Å². The molecule has 2 amide bonds. The fourth-order valence-electron chi connectivity index (χ4n) is 2.23. The molecule has 0 spiro atoms. The predicted octanol–water partition coefficient (Wildman–Crippen LogP) is 2.57. The molecule has 5 nitrogen and oxygen atoms in total. The molecular weight excluding hydrogens is 302 g/mol. The summed E-state index contributed by atoms with van der Waals surface area (Å²) in [6.07, 6.45) is 0.874. The van der Waals surface area contributed by atoms with Gasteiger partial charge in [0.1, 0.15) is 0 Å². The van der Waals surface area contributed by atoms with E-state index in [9.17, 15) is 9.59 Å². The number of anilines is 2. The van der Waals surface area contributed by atoms with Gasteiger partial charge in [0.15, 0.2) is 0 Å². The van der Waals surface area contributed by atoms with Gasteiger partial charge >= 0.3 is 11.8 Å². The zero-order valence-electron chi connectivity index (χ0n) is 14.3. The van der Waals surface area contributed by atoms with E-state index in [1.54, 1.807) is 6.07 Å². The van der Waals surface area contributed by atoms with Crippen molar-refractivity contribution in [3.63, 3.8) is 0 Å². The summed E-state index contributed by atoms with van der Waals surface area (Å²) in [5.41, 5.74) is 3.76. The monoisotopic (exact) mass is 325 g/mol. The molecule has 0 aliphatic carbocycles. The fourth-order valence-corrected chi connectivity index (χ4v) is 2.23. The van der Waals surface area contributed by atoms with E-state index in [1.165, 1.54) is 0 Å². The Morgan fingerprint density at radius 2 is 1.67 bits per heavy atom. The molecule has 24 heavy (non-hydrogen) atoms. The Kier molecular flexibility index (Phi) is 5.95. The summed E-state index contributed by atoms with van der Waals surface area (Å²) in [7, 11) is 3.93. The summed E-state index contributed by atoms with van der Waals surface area (Å²) in [6, 6.07) is 15.3. The first-order chi connectivity index (χ1) is 11.5. The van der Waals surface area contributed by atoms with Crippen molar-refractivity contribution in [2.45, 2.75) is 19.9 Å². The van der Waals surface area contributed by atoms with Crippen LogP contribution in [0.4, 0.5) is 11.4 Å². The Balaban J connectivity index is 1.88. The molecule has 0 aromatic heterocycles. The zero-order chi connectivity index (χ0) is 17.5. The average molecular weight is 325 g/mol. The highest BCUT2D eigenvalue weighted by Gasteiger charge is 2.13. The molecule has 0 fully saturated rings. The number of nitrogens with one attached hydrogen (secondary N) is 2. The molecule has 2 N–H and O–H groups in total. The van der Waals surface area contributed by atoms with Crippen molar-refractivity contribution in [3.8, 4) is 0 Å². The van der Waals surface area contributed by atoms with Gasteiger partial charge in [-0.1, -0.05) is 31.2 Å². The molecule has 2 aromatic rings. The minimum atomic E-state index is -0.659. The molecule has 0 aliphatic rings. The third-order valence-corrected chi connectivity index (χ3v) is 3.71. The van der Waals surface area contributed by atoms with Crippen LogP contribution in [-0.2, 0) is 22.6 Å². The first-order valence-electron chi connectivity index (χ1n) is 7.94. The molecule has 126 valence electrons. The number of amides is 2. The van der Waals surface area contributed by atoms with Gasteiger partial charge in [-0.2, -0.15) is 0 Å². The van der Waals surface area contributed by atoms with E-state index in [2.05, 4.69) is 10.6 Å². The number of hydrogen-bond acceptors (Lipinski definition) is 3. The molecule has 0 aliphatic heterocycles. The van der Waals surface area contributed by atoms with Crippen LogP contribution in [-0.4, -0.2) is 25.9 Å². The van der Waals surface area contributed by atoms with Crippen LogP contribution in [0.1, 0.15) is 18.1 Å². The highest BCUT2D eigenvalue weighted by atomic mass is 16.2. The lowest BCUT2D eigenvalue weighted by molar-refractivity contribution is -0.136. The van der Waals surface area contributed by atoms with Crippen molar-refractivity contribution in [2.24, 2.45) is 0 Å². The third-order valence-electron chi connectivity index (χ3n) is 3.71. The maximum atomic E-state index is 11.9. The van der Waals surface area contributed by atoms with Gasteiger partial charge in [0.25, 0.3) is 0 Å². The number of aryl methyl sites for hydroxylation is 1. The van der Waals surface area contributed by atoms with Gasteiger partial charge in [-0.25, -0.2) is 0 Å². The number of nitrogens with zero attached hydrogens (tertiary/aromatic N) is 1. The Morgan fingerprint density at radius 1 is 0.958 bits per heavy atom. The second-order valence-electron chi connectivity index (χ2n) is 5.75. The van der Waals surface area contributed by atoms with E-state index in [4.69, 9.17) is 0 Å². The van der Waals surface area contributed by atoms with Gasteiger partial charge in [0.2, 0.25) is 0 Å². The Labute approximate surface area is 142 Å². The molecule has 2 rings (SSSR count). The first-order valence-corrected chi connectivity index (χ1v) is 7.94. The minimum absolute atomic E-state index is 0.314. The smallest absolute Gasteiger partial charge is 0.313 e.